The molecule has 1 aliphatic heterocycles. The summed E-state index contributed by atoms with van der Waals surface area (Å²) < 4.78 is 31.3. The van der Waals surface area contributed by atoms with Crippen LogP contribution in [0, 0.1) is 5.82 Å². The van der Waals surface area contributed by atoms with Crippen LogP contribution in [0.4, 0.5) is 10.1 Å². The van der Waals surface area contributed by atoms with Crippen molar-refractivity contribution >= 4 is 34.0 Å². The van der Waals surface area contributed by atoms with Gasteiger partial charge >= 0.3 is 0 Å². The highest BCUT2D eigenvalue weighted by Crippen LogP contribution is 2.21. The van der Waals surface area contributed by atoms with Crippen molar-refractivity contribution in [1.82, 2.24) is 4.90 Å². The number of anilines is 1. The molecule has 2 heterocycles. The molecule has 1 unspecified atom stereocenters. The molecule has 156 valence electrons. The number of rotatable bonds is 5. The Hall–Kier alpha value is -2.64. The van der Waals surface area contributed by atoms with Gasteiger partial charge in [-0.3, -0.25) is 9.00 Å². The van der Waals surface area contributed by atoms with Crippen LogP contribution in [0.25, 0.3) is 0 Å². The summed E-state index contributed by atoms with van der Waals surface area (Å²) in [5.41, 5.74) is 0.937. The SMILES string of the molecule is O=C(c1ccc(CS(=O)c2cccc(Cl)c2)o1)N1CCN(c2ccc(F)cc2)CC1. The van der Waals surface area contributed by atoms with Gasteiger partial charge in [-0.25, -0.2) is 4.39 Å². The minimum Gasteiger partial charge on any atom is -0.455 e. The summed E-state index contributed by atoms with van der Waals surface area (Å²) in [4.78, 5) is 17.2. The van der Waals surface area contributed by atoms with Crippen molar-refractivity contribution in [3.8, 4) is 0 Å². The van der Waals surface area contributed by atoms with E-state index in [1.54, 1.807) is 53.4 Å². The lowest BCUT2D eigenvalue weighted by atomic mass is 10.2. The average molecular weight is 447 g/mol. The molecule has 1 saturated heterocycles. The summed E-state index contributed by atoms with van der Waals surface area (Å²) in [6.45, 7) is 2.40. The molecule has 4 rings (SSSR count). The van der Waals surface area contributed by atoms with Crippen LogP contribution in [0.2, 0.25) is 5.02 Å². The molecule has 1 aromatic heterocycles. The standard InChI is InChI=1S/C22H20ClFN2O3S/c23-16-2-1-3-20(14-16)30(28)15-19-8-9-21(29-19)22(27)26-12-10-25(11-13-26)18-6-4-17(24)5-7-18/h1-9,14H,10-13,15H2. The lowest BCUT2D eigenvalue weighted by Crippen LogP contribution is -2.48. The van der Waals surface area contributed by atoms with E-state index < -0.39 is 10.8 Å². The molecule has 1 aliphatic rings. The first-order chi connectivity index (χ1) is 14.5. The highest BCUT2D eigenvalue weighted by molar-refractivity contribution is 7.84. The van der Waals surface area contributed by atoms with E-state index in [4.69, 9.17) is 16.0 Å². The molecule has 1 fully saturated rings. The molecule has 5 nitrogen and oxygen atoms in total. The largest absolute Gasteiger partial charge is 0.455 e. The van der Waals surface area contributed by atoms with Crippen molar-refractivity contribution in [2.45, 2.75) is 10.6 Å². The number of halogens is 2. The molecule has 0 aliphatic carbocycles. The predicted octanol–water partition coefficient (Wildman–Crippen LogP) is 4.34. The zero-order valence-corrected chi connectivity index (χ0v) is 17.7. The number of benzene rings is 2. The molecule has 2 aromatic carbocycles. The predicted molar refractivity (Wildman–Crippen MR) is 115 cm³/mol. The number of carbonyl (C=O) groups is 1. The highest BCUT2D eigenvalue weighted by Gasteiger charge is 2.24. The Balaban J connectivity index is 1.35. The molecule has 3 aromatic rings. The number of hydrogen-bond acceptors (Lipinski definition) is 4. The van der Waals surface area contributed by atoms with Gasteiger partial charge in [0.1, 0.15) is 11.6 Å². The van der Waals surface area contributed by atoms with Gasteiger partial charge in [-0.1, -0.05) is 17.7 Å². The van der Waals surface area contributed by atoms with E-state index in [1.807, 2.05) is 0 Å². The third kappa shape index (κ3) is 4.74. The van der Waals surface area contributed by atoms with Gasteiger partial charge in [0.2, 0.25) is 0 Å². The van der Waals surface area contributed by atoms with E-state index in [9.17, 15) is 13.4 Å². The van der Waals surface area contributed by atoms with Crippen LogP contribution in [0.15, 0.2) is 70.0 Å². The quantitative estimate of drug-likeness (QED) is 0.585. The summed E-state index contributed by atoms with van der Waals surface area (Å²) in [5, 5.41) is 0.524. The molecule has 0 radical (unpaired) electrons. The Morgan fingerprint density at radius 3 is 2.47 bits per heavy atom. The fraction of sp³-hybridized carbons (Fsp3) is 0.227. The van der Waals surface area contributed by atoms with E-state index >= 15 is 0 Å². The van der Waals surface area contributed by atoms with Crippen molar-refractivity contribution in [1.29, 1.82) is 0 Å². The van der Waals surface area contributed by atoms with Crippen LogP contribution in [0.1, 0.15) is 16.3 Å². The lowest BCUT2D eigenvalue weighted by molar-refractivity contribution is 0.0713. The molecule has 1 amide bonds. The maximum absolute atomic E-state index is 13.1. The summed E-state index contributed by atoms with van der Waals surface area (Å²) in [7, 11) is -1.31. The summed E-state index contributed by atoms with van der Waals surface area (Å²) in [6.07, 6.45) is 0. The third-order valence-electron chi connectivity index (χ3n) is 4.96. The smallest absolute Gasteiger partial charge is 0.289 e. The van der Waals surface area contributed by atoms with Crippen molar-refractivity contribution in [2.75, 3.05) is 31.1 Å². The molecule has 8 heteroatoms. The van der Waals surface area contributed by atoms with Gasteiger partial charge in [0.25, 0.3) is 5.91 Å². The van der Waals surface area contributed by atoms with Crippen LogP contribution in [0.3, 0.4) is 0 Å². The van der Waals surface area contributed by atoms with Crippen molar-refractivity contribution in [2.24, 2.45) is 0 Å². The number of amides is 1. The van der Waals surface area contributed by atoms with Gasteiger partial charge in [-0.05, 0) is 54.6 Å². The van der Waals surface area contributed by atoms with Crippen molar-refractivity contribution in [3.05, 3.63) is 83.0 Å². The Kier molecular flexibility index (Phi) is 6.20. The second-order valence-corrected chi connectivity index (χ2v) is 8.86. The minimum atomic E-state index is -1.31. The van der Waals surface area contributed by atoms with E-state index in [0.29, 0.717) is 41.9 Å². The second-order valence-electron chi connectivity index (χ2n) is 6.97. The van der Waals surface area contributed by atoms with Crippen molar-refractivity contribution < 1.29 is 17.8 Å². The van der Waals surface area contributed by atoms with Gasteiger partial charge in [0, 0.05) is 41.8 Å². The Morgan fingerprint density at radius 2 is 1.77 bits per heavy atom. The van der Waals surface area contributed by atoms with Gasteiger partial charge in [0.15, 0.2) is 5.76 Å². The molecule has 0 saturated carbocycles. The normalized spacial score (nSPS) is 15.3. The van der Waals surface area contributed by atoms with Crippen molar-refractivity contribution in [3.63, 3.8) is 0 Å². The first-order valence-electron chi connectivity index (χ1n) is 9.52. The molecule has 0 bridgehead atoms. The van der Waals surface area contributed by atoms with Gasteiger partial charge in [0.05, 0.1) is 16.6 Å². The Labute approximate surface area is 181 Å². The monoisotopic (exact) mass is 446 g/mol. The van der Waals surface area contributed by atoms with Crippen LogP contribution in [0.5, 0.6) is 0 Å². The van der Waals surface area contributed by atoms with E-state index in [0.717, 1.165) is 5.69 Å². The third-order valence-corrected chi connectivity index (χ3v) is 6.52. The maximum atomic E-state index is 13.1. The molecular formula is C22H20ClFN2O3S. The first kappa shape index (κ1) is 20.6. The number of nitrogens with zero attached hydrogens (tertiary/aromatic N) is 2. The number of piperazine rings is 1. The number of hydrogen-bond donors (Lipinski definition) is 0. The summed E-state index contributed by atoms with van der Waals surface area (Å²) in [6, 6.07) is 16.5. The highest BCUT2D eigenvalue weighted by atomic mass is 35.5. The maximum Gasteiger partial charge on any atom is 0.289 e. The van der Waals surface area contributed by atoms with Crippen LogP contribution >= 0.6 is 11.6 Å². The first-order valence-corrected chi connectivity index (χ1v) is 11.2. The van der Waals surface area contributed by atoms with Crippen LogP contribution < -0.4 is 4.90 Å². The average Bonchev–Trinajstić information content (AvgIpc) is 3.22. The lowest BCUT2D eigenvalue weighted by Gasteiger charge is -2.35. The van der Waals surface area contributed by atoms with Gasteiger partial charge in [-0.2, -0.15) is 0 Å². The Bertz CT molecular complexity index is 1060. The Morgan fingerprint density at radius 1 is 1.03 bits per heavy atom. The van der Waals surface area contributed by atoms with Crippen LogP contribution in [-0.2, 0) is 16.6 Å². The van der Waals surface area contributed by atoms with E-state index in [2.05, 4.69) is 4.90 Å². The summed E-state index contributed by atoms with van der Waals surface area (Å²) in [5.74, 6) is 0.447. The number of furan rings is 1. The molecule has 1 atom stereocenters. The minimum absolute atomic E-state index is 0.173. The van der Waals surface area contributed by atoms with Crippen LogP contribution in [-0.4, -0.2) is 41.2 Å². The van der Waals surface area contributed by atoms with Gasteiger partial charge < -0.3 is 14.2 Å². The topological polar surface area (TPSA) is 53.8 Å². The van der Waals surface area contributed by atoms with E-state index in [1.165, 1.54) is 12.1 Å². The molecule has 30 heavy (non-hydrogen) atoms. The zero-order chi connectivity index (χ0) is 21.1. The fourth-order valence-corrected chi connectivity index (χ4v) is 4.69. The second kappa shape index (κ2) is 9.02. The fourth-order valence-electron chi connectivity index (χ4n) is 3.37. The zero-order valence-electron chi connectivity index (χ0n) is 16.1. The van der Waals surface area contributed by atoms with E-state index in [-0.39, 0.29) is 23.2 Å². The van der Waals surface area contributed by atoms with Gasteiger partial charge in [-0.15, -0.1) is 0 Å². The molecular weight excluding hydrogens is 427 g/mol. The molecule has 0 spiro atoms. The molecule has 0 N–H and O–H groups in total. The summed E-state index contributed by atoms with van der Waals surface area (Å²) >= 11 is 5.95. The number of carbonyl (C=O) groups excluding carboxylic acids is 1.